The van der Waals surface area contributed by atoms with E-state index in [1.165, 1.54) is 17.1 Å². The lowest BCUT2D eigenvalue weighted by atomic mass is 9.92. The molecule has 25 heavy (non-hydrogen) atoms. The first-order chi connectivity index (χ1) is 11.4. The fourth-order valence-electron chi connectivity index (χ4n) is 3.60. The Morgan fingerprint density at radius 3 is 2.44 bits per heavy atom. The molecule has 1 aromatic rings. The van der Waals surface area contributed by atoms with E-state index < -0.39 is 16.1 Å². The highest BCUT2D eigenvalue weighted by Crippen LogP contribution is 2.27. The molecule has 142 valence electrons. The average molecular weight is 392 g/mol. The van der Waals surface area contributed by atoms with E-state index in [-0.39, 0.29) is 23.2 Å². The van der Waals surface area contributed by atoms with E-state index in [2.05, 4.69) is 15.1 Å². The highest BCUT2D eigenvalue weighted by molar-refractivity contribution is 7.89. The highest BCUT2D eigenvalue weighted by Gasteiger charge is 2.33. The Balaban J connectivity index is 0.00000225. The molecular weight excluding hydrogens is 366 g/mol. The number of aromatic nitrogens is 2. The largest absolute Gasteiger partial charge is 0.341 e. The van der Waals surface area contributed by atoms with Crippen molar-refractivity contribution in [2.45, 2.75) is 30.7 Å². The average Bonchev–Trinajstić information content (AvgIpc) is 3.11. The second kappa shape index (κ2) is 8.03. The highest BCUT2D eigenvalue weighted by atomic mass is 35.5. The van der Waals surface area contributed by atoms with E-state index in [1.54, 1.807) is 18.9 Å². The number of fused-ring (bicyclic) bond motifs is 1. The molecule has 0 aliphatic carbocycles. The van der Waals surface area contributed by atoms with Crippen LogP contribution in [0.5, 0.6) is 0 Å². The first kappa shape index (κ1) is 20.2. The molecule has 2 N–H and O–H groups in total. The summed E-state index contributed by atoms with van der Waals surface area (Å²) in [5, 5.41) is 7.27. The molecule has 0 bridgehead atoms. The van der Waals surface area contributed by atoms with Crippen LogP contribution in [0.1, 0.15) is 19.8 Å². The number of nitrogens with one attached hydrogen (secondary N) is 2. The molecule has 0 spiro atoms. The van der Waals surface area contributed by atoms with Gasteiger partial charge in [0.25, 0.3) is 0 Å². The Labute approximate surface area is 154 Å². The summed E-state index contributed by atoms with van der Waals surface area (Å²) < 4.78 is 28.5. The molecule has 0 aromatic carbocycles. The van der Waals surface area contributed by atoms with Crippen LogP contribution in [-0.4, -0.2) is 61.2 Å². The van der Waals surface area contributed by atoms with Crippen LogP contribution in [0.3, 0.4) is 0 Å². The Morgan fingerprint density at radius 2 is 1.92 bits per heavy atom. The van der Waals surface area contributed by atoms with Crippen LogP contribution < -0.4 is 10.0 Å². The topological polar surface area (TPSA) is 96.3 Å². The van der Waals surface area contributed by atoms with Gasteiger partial charge in [0.15, 0.2) is 0 Å². The first-order valence-corrected chi connectivity index (χ1v) is 9.85. The van der Waals surface area contributed by atoms with Crippen molar-refractivity contribution < 1.29 is 13.2 Å². The van der Waals surface area contributed by atoms with Gasteiger partial charge in [0.2, 0.25) is 15.9 Å². The maximum Gasteiger partial charge on any atom is 0.244 e. The summed E-state index contributed by atoms with van der Waals surface area (Å²) in [6.45, 7) is 5.04. The number of carbonyl (C=O) groups excluding carboxylic acids is 1. The number of carbonyl (C=O) groups is 1. The Morgan fingerprint density at radius 1 is 1.32 bits per heavy atom. The molecule has 0 radical (unpaired) electrons. The predicted molar refractivity (Wildman–Crippen MR) is 95.9 cm³/mol. The summed E-state index contributed by atoms with van der Waals surface area (Å²) >= 11 is 0. The number of hydrogen-bond acceptors (Lipinski definition) is 5. The molecule has 8 nitrogen and oxygen atoms in total. The third kappa shape index (κ3) is 4.52. The van der Waals surface area contributed by atoms with Crippen molar-refractivity contribution >= 4 is 28.3 Å². The van der Waals surface area contributed by atoms with Crippen molar-refractivity contribution in [2.75, 3.05) is 26.2 Å². The minimum atomic E-state index is -3.74. The van der Waals surface area contributed by atoms with E-state index >= 15 is 0 Å². The third-order valence-corrected chi connectivity index (χ3v) is 6.52. The van der Waals surface area contributed by atoms with Crippen LogP contribution in [0.4, 0.5) is 0 Å². The molecule has 10 heteroatoms. The van der Waals surface area contributed by atoms with Crippen LogP contribution in [0.2, 0.25) is 0 Å². The lowest BCUT2D eigenvalue weighted by Crippen LogP contribution is -2.47. The summed E-state index contributed by atoms with van der Waals surface area (Å²) in [5.74, 6) is 1.10. The number of nitrogens with zero attached hydrogens (tertiary/aromatic N) is 3. The zero-order valence-corrected chi connectivity index (χ0v) is 16.1. The van der Waals surface area contributed by atoms with Gasteiger partial charge in [-0.3, -0.25) is 9.48 Å². The number of halogens is 1. The van der Waals surface area contributed by atoms with E-state index in [1.807, 2.05) is 0 Å². The molecule has 3 heterocycles. The van der Waals surface area contributed by atoms with Crippen molar-refractivity contribution in [3.05, 3.63) is 12.4 Å². The summed E-state index contributed by atoms with van der Waals surface area (Å²) in [6, 6.07) is -0.786. The third-order valence-electron chi connectivity index (χ3n) is 5.02. The van der Waals surface area contributed by atoms with Crippen molar-refractivity contribution in [1.82, 2.24) is 24.7 Å². The predicted octanol–water partition coefficient (Wildman–Crippen LogP) is -0.0333. The molecule has 2 saturated heterocycles. The minimum absolute atomic E-state index is 0. The smallest absolute Gasteiger partial charge is 0.244 e. The fourth-order valence-corrected chi connectivity index (χ4v) is 4.78. The maximum atomic E-state index is 12.6. The van der Waals surface area contributed by atoms with E-state index in [0.29, 0.717) is 24.9 Å². The van der Waals surface area contributed by atoms with Gasteiger partial charge in [-0.15, -0.1) is 12.4 Å². The number of likely N-dealkylation sites (tertiary alicyclic amines) is 1. The van der Waals surface area contributed by atoms with Crippen LogP contribution in [0, 0.1) is 11.8 Å². The Hall–Kier alpha value is -1.16. The molecule has 2 aliphatic rings. The number of amides is 1. The second-order valence-corrected chi connectivity index (χ2v) is 8.49. The van der Waals surface area contributed by atoms with Crippen LogP contribution in [0.15, 0.2) is 17.3 Å². The van der Waals surface area contributed by atoms with Gasteiger partial charge in [-0.2, -0.15) is 9.82 Å². The first-order valence-electron chi connectivity index (χ1n) is 8.37. The van der Waals surface area contributed by atoms with Crippen LogP contribution in [-0.2, 0) is 21.9 Å². The summed E-state index contributed by atoms with van der Waals surface area (Å²) in [4.78, 5) is 14.5. The standard InChI is InChI=1S/C15H25N5O3S.ClH/c1-11(18-24(22,23)14-9-17-19(2)10-14)15(21)20-5-3-12-7-16-8-13(12)4-6-20;/h9-13,16,18H,3-8H2,1-2H3;1H/t11?,12-,13+;. The van der Waals surface area contributed by atoms with Gasteiger partial charge in [-0.1, -0.05) is 0 Å². The normalized spacial score (nSPS) is 25.0. The lowest BCUT2D eigenvalue weighted by molar-refractivity contribution is -0.132. The van der Waals surface area contributed by atoms with E-state index in [4.69, 9.17) is 0 Å². The van der Waals surface area contributed by atoms with Gasteiger partial charge < -0.3 is 10.2 Å². The van der Waals surface area contributed by atoms with Gasteiger partial charge in [-0.05, 0) is 44.7 Å². The Bertz CT molecular complexity index is 694. The van der Waals surface area contributed by atoms with Crippen molar-refractivity contribution in [3.8, 4) is 0 Å². The number of aryl methyl sites for hydroxylation is 1. The van der Waals surface area contributed by atoms with Crippen LogP contribution in [0.25, 0.3) is 0 Å². The zero-order valence-electron chi connectivity index (χ0n) is 14.5. The molecule has 1 unspecified atom stereocenters. The van der Waals surface area contributed by atoms with Crippen molar-refractivity contribution in [1.29, 1.82) is 0 Å². The summed E-state index contributed by atoms with van der Waals surface area (Å²) in [6.07, 6.45) is 4.65. The van der Waals surface area contributed by atoms with Crippen LogP contribution >= 0.6 is 12.4 Å². The molecule has 3 atom stereocenters. The molecule has 1 aromatic heterocycles. The quantitative estimate of drug-likeness (QED) is 0.751. The van der Waals surface area contributed by atoms with E-state index in [9.17, 15) is 13.2 Å². The fraction of sp³-hybridized carbons (Fsp3) is 0.733. The van der Waals surface area contributed by atoms with Gasteiger partial charge in [0.1, 0.15) is 4.90 Å². The van der Waals surface area contributed by atoms with Gasteiger partial charge in [0, 0.05) is 26.3 Å². The summed E-state index contributed by atoms with van der Waals surface area (Å²) in [7, 11) is -2.09. The van der Waals surface area contributed by atoms with Crippen molar-refractivity contribution in [3.63, 3.8) is 0 Å². The van der Waals surface area contributed by atoms with E-state index in [0.717, 1.165) is 25.9 Å². The number of hydrogen-bond donors (Lipinski definition) is 2. The molecule has 1 amide bonds. The summed E-state index contributed by atoms with van der Waals surface area (Å²) in [5.41, 5.74) is 0. The lowest BCUT2D eigenvalue weighted by Gasteiger charge is -2.24. The minimum Gasteiger partial charge on any atom is -0.341 e. The molecule has 2 aliphatic heterocycles. The molecule has 2 fully saturated rings. The monoisotopic (exact) mass is 391 g/mol. The Kier molecular flexibility index (Phi) is 6.47. The number of sulfonamides is 1. The van der Waals surface area contributed by atoms with Gasteiger partial charge >= 0.3 is 0 Å². The molecule has 3 rings (SSSR count). The number of rotatable bonds is 4. The van der Waals surface area contributed by atoms with Gasteiger partial charge in [0.05, 0.1) is 12.2 Å². The zero-order chi connectivity index (χ0) is 17.3. The molecular formula is C15H26ClN5O3S. The van der Waals surface area contributed by atoms with Gasteiger partial charge in [-0.25, -0.2) is 8.42 Å². The maximum absolute atomic E-state index is 12.6. The van der Waals surface area contributed by atoms with Crippen molar-refractivity contribution in [2.24, 2.45) is 18.9 Å². The molecule has 0 saturated carbocycles. The SMILES string of the molecule is CC(NS(=O)(=O)c1cnn(C)c1)C(=O)N1CC[C@@H]2CNC[C@@H]2CC1.Cl. The second-order valence-electron chi connectivity index (χ2n) is 6.77.